The molecule has 2 nitrogen and oxygen atoms in total. The van der Waals surface area contributed by atoms with Crippen LogP contribution in [0.5, 0.6) is 0 Å². The van der Waals surface area contributed by atoms with Crippen LogP contribution in [0.25, 0.3) is 0 Å². The van der Waals surface area contributed by atoms with Gasteiger partial charge in [-0.15, -0.1) is 11.8 Å². The first-order chi connectivity index (χ1) is 5.59. The van der Waals surface area contributed by atoms with Gasteiger partial charge >= 0.3 is 0 Å². The van der Waals surface area contributed by atoms with Crippen LogP contribution in [0, 0.1) is 5.92 Å². The van der Waals surface area contributed by atoms with Crippen LogP contribution in [-0.2, 0) is 4.79 Å². The maximum Gasteiger partial charge on any atom is 0.224 e. The minimum absolute atomic E-state index is 0.101. The molecule has 0 aliphatic rings. The van der Waals surface area contributed by atoms with Crippen molar-refractivity contribution < 1.29 is 4.79 Å². The molecule has 0 spiro atoms. The molecule has 0 unspecified atom stereocenters. The summed E-state index contributed by atoms with van der Waals surface area (Å²) in [7, 11) is 1.84. The molecule has 0 saturated heterocycles. The van der Waals surface area contributed by atoms with E-state index >= 15 is 0 Å². The van der Waals surface area contributed by atoms with Crippen molar-refractivity contribution in [2.75, 3.05) is 19.3 Å². The Labute approximate surface area is 79.0 Å². The number of carbonyl (C=O) groups is 1. The summed E-state index contributed by atoms with van der Waals surface area (Å²) in [6, 6.07) is 0. The van der Waals surface area contributed by atoms with Crippen LogP contribution in [0.15, 0.2) is 12.0 Å². The van der Waals surface area contributed by atoms with Gasteiger partial charge in [0.1, 0.15) is 0 Å². The fourth-order valence-electron chi connectivity index (χ4n) is 0.824. The summed E-state index contributed by atoms with van der Waals surface area (Å²) in [6.07, 6.45) is 0. The lowest BCUT2D eigenvalue weighted by Gasteiger charge is -2.18. The van der Waals surface area contributed by atoms with Gasteiger partial charge in [-0.05, 0) is 5.41 Å². The maximum absolute atomic E-state index is 11.3. The molecule has 12 heavy (non-hydrogen) atoms. The molecule has 0 atom stereocenters. The molecule has 0 aromatic carbocycles. The van der Waals surface area contributed by atoms with E-state index in [9.17, 15) is 4.79 Å². The Morgan fingerprint density at radius 3 is 2.67 bits per heavy atom. The van der Waals surface area contributed by atoms with E-state index in [4.69, 9.17) is 0 Å². The highest BCUT2D eigenvalue weighted by Gasteiger charge is 2.11. The summed E-state index contributed by atoms with van der Waals surface area (Å²) in [6.45, 7) is 8.23. The van der Waals surface area contributed by atoms with Gasteiger partial charge in [0.05, 0.1) is 0 Å². The number of hydrogen-bond donors (Lipinski definition) is 0. The third-order valence-electron chi connectivity index (χ3n) is 1.53. The summed E-state index contributed by atoms with van der Waals surface area (Å²) >= 11 is 1.64. The summed E-state index contributed by atoms with van der Waals surface area (Å²) in [5, 5.41) is 1.80. The van der Waals surface area contributed by atoms with Gasteiger partial charge in [-0.25, -0.2) is 0 Å². The van der Waals surface area contributed by atoms with Crippen LogP contribution < -0.4 is 0 Å². The van der Waals surface area contributed by atoms with Gasteiger partial charge in [-0.2, -0.15) is 0 Å². The van der Waals surface area contributed by atoms with Crippen molar-refractivity contribution in [1.29, 1.82) is 0 Å². The fourth-order valence-corrected chi connectivity index (χ4v) is 1.37. The molecule has 0 fully saturated rings. The van der Waals surface area contributed by atoms with E-state index in [-0.39, 0.29) is 11.8 Å². The van der Waals surface area contributed by atoms with Crippen LogP contribution in [0.1, 0.15) is 13.8 Å². The van der Waals surface area contributed by atoms with Gasteiger partial charge in [0, 0.05) is 25.3 Å². The first kappa shape index (κ1) is 11.6. The first-order valence-electron chi connectivity index (χ1n) is 4.07. The van der Waals surface area contributed by atoms with Crippen molar-refractivity contribution in [3.63, 3.8) is 0 Å². The monoisotopic (exact) mass is 187 g/mol. The van der Waals surface area contributed by atoms with Crippen molar-refractivity contribution in [2.24, 2.45) is 5.92 Å². The number of hydrogen-bond acceptors (Lipinski definition) is 2. The summed E-state index contributed by atoms with van der Waals surface area (Å²) < 4.78 is 0. The van der Waals surface area contributed by atoms with Gasteiger partial charge < -0.3 is 4.90 Å². The summed E-state index contributed by atoms with van der Waals surface area (Å²) in [4.78, 5) is 13.1. The minimum Gasteiger partial charge on any atom is -0.345 e. The van der Waals surface area contributed by atoms with Crippen molar-refractivity contribution in [1.82, 2.24) is 4.90 Å². The zero-order valence-corrected chi connectivity index (χ0v) is 8.86. The maximum atomic E-state index is 11.3. The summed E-state index contributed by atoms with van der Waals surface area (Å²) in [5.74, 6) is 1.24. The Bertz CT molecular complexity index is 157. The standard InChI is InChI=1S/C9H17NOS/c1-5-12-7-6-10(4)9(11)8(2)3/h5,8H,1,6-7H2,2-4H3. The zero-order chi connectivity index (χ0) is 9.56. The van der Waals surface area contributed by atoms with Crippen LogP contribution >= 0.6 is 11.8 Å². The summed E-state index contributed by atoms with van der Waals surface area (Å²) in [5.41, 5.74) is 0. The van der Waals surface area contributed by atoms with Crippen molar-refractivity contribution >= 4 is 17.7 Å². The molecule has 0 bridgehead atoms. The van der Waals surface area contributed by atoms with Crippen LogP contribution in [0.4, 0.5) is 0 Å². The quantitative estimate of drug-likeness (QED) is 0.613. The fraction of sp³-hybridized carbons (Fsp3) is 0.667. The number of nitrogens with zero attached hydrogens (tertiary/aromatic N) is 1. The molecule has 70 valence electrons. The number of carbonyl (C=O) groups excluding carboxylic acids is 1. The van der Waals surface area contributed by atoms with Crippen LogP contribution in [0.2, 0.25) is 0 Å². The van der Waals surface area contributed by atoms with Crippen LogP contribution in [0.3, 0.4) is 0 Å². The molecule has 0 saturated carbocycles. The van der Waals surface area contributed by atoms with Gasteiger partial charge in [0.15, 0.2) is 0 Å². The molecule has 0 N–H and O–H groups in total. The van der Waals surface area contributed by atoms with Crippen LogP contribution in [-0.4, -0.2) is 30.2 Å². The third-order valence-corrected chi connectivity index (χ3v) is 2.19. The van der Waals surface area contributed by atoms with E-state index in [0.717, 1.165) is 12.3 Å². The van der Waals surface area contributed by atoms with Gasteiger partial charge in [0.25, 0.3) is 0 Å². The Hall–Kier alpha value is -0.440. The highest BCUT2D eigenvalue weighted by Crippen LogP contribution is 2.03. The topological polar surface area (TPSA) is 20.3 Å². The van der Waals surface area contributed by atoms with E-state index < -0.39 is 0 Å². The largest absolute Gasteiger partial charge is 0.345 e. The third kappa shape index (κ3) is 4.44. The van der Waals surface area contributed by atoms with Gasteiger partial charge in [-0.3, -0.25) is 4.79 Å². The average Bonchev–Trinajstić information content (AvgIpc) is 2.03. The second-order valence-corrected chi connectivity index (χ2v) is 4.03. The van der Waals surface area contributed by atoms with E-state index in [1.54, 1.807) is 22.1 Å². The molecular weight excluding hydrogens is 170 g/mol. The highest BCUT2D eigenvalue weighted by molar-refractivity contribution is 8.02. The highest BCUT2D eigenvalue weighted by atomic mass is 32.2. The number of rotatable bonds is 5. The second kappa shape index (κ2) is 6.12. The van der Waals surface area contributed by atoms with Crippen molar-refractivity contribution in [2.45, 2.75) is 13.8 Å². The number of thioether (sulfide) groups is 1. The Morgan fingerprint density at radius 1 is 1.67 bits per heavy atom. The Balaban J connectivity index is 3.64. The molecule has 0 aliphatic heterocycles. The smallest absolute Gasteiger partial charge is 0.224 e. The van der Waals surface area contributed by atoms with E-state index in [1.807, 2.05) is 20.9 Å². The van der Waals surface area contributed by atoms with E-state index in [1.165, 1.54) is 0 Å². The lowest BCUT2D eigenvalue weighted by Crippen LogP contribution is -2.32. The van der Waals surface area contributed by atoms with E-state index in [0.29, 0.717) is 0 Å². The normalized spacial score (nSPS) is 10.0. The Morgan fingerprint density at radius 2 is 2.25 bits per heavy atom. The Kier molecular flexibility index (Phi) is 5.89. The molecule has 0 aliphatic carbocycles. The molecule has 0 rings (SSSR count). The van der Waals surface area contributed by atoms with Gasteiger partial charge in [0.2, 0.25) is 5.91 Å². The van der Waals surface area contributed by atoms with Crippen molar-refractivity contribution in [3.8, 4) is 0 Å². The predicted octanol–water partition coefficient (Wildman–Crippen LogP) is 1.98. The molecule has 3 heteroatoms. The van der Waals surface area contributed by atoms with Crippen molar-refractivity contribution in [3.05, 3.63) is 12.0 Å². The second-order valence-electron chi connectivity index (χ2n) is 2.95. The minimum atomic E-state index is 0.101. The van der Waals surface area contributed by atoms with E-state index in [2.05, 4.69) is 6.58 Å². The lowest BCUT2D eigenvalue weighted by molar-refractivity contribution is -0.132. The SMILES string of the molecule is C=CSCCN(C)C(=O)C(C)C. The number of amides is 1. The molecule has 0 radical (unpaired) electrons. The van der Waals surface area contributed by atoms with Gasteiger partial charge in [-0.1, -0.05) is 20.4 Å². The first-order valence-corrected chi connectivity index (χ1v) is 5.12. The molecule has 1 amide bonds. The molecule has 0 aromatic heterocycles. The molecule has 0 aromatic rings. The molecular formula is C9H17NOS. The zero-order valence-electron chi connectivity index (χ0n) is 8.04. The lowest BCUT2D eigenvalue weighted by atomic mass is 10.2. The predicted molar refractivity (Wildman–Crippen MR) is 55.1 cm³/mol. The average molecular weight is 187 g/mol. The molecule has 0 heterocycles.